The van der Waals surface area contributed by atoms with Gasteiger partial charge in [-0.1, -0.05) is 11.6 Å². The summed E-state index contributed by atoms with van der Waals surface area (Å²) in [6.45, 7) is 6.87. The van der Waals surface area contributed by atoms with Gasteiger partial charge in [-0.05, 0) is 39.8 Å². The fourth-order valence-electron chi connectivity index (χ4n) is 1.19. The van der Waals surface area contributed by atoms with Crippen molar-refractivity contribution in [2.24, 2.45) is 0 Å². The second-order valence-corrected chi connectivity index (χ2v) is 5.28. The molecular formula is C13H16ClFO3. The molecular weight excluding hydrogens is 259 g/mol. The minimum absolute atomic E-state index is 0.0520. The van der Waals surface area contributed by atoms with Gasteiger partial charge in [-0.25, -0.2) is 9.18 Å². The first-order valence-corrected chi connectivity index (χ1v) is 5.91. The number of ether oxygens (including phenoxy) is 2. The highest BCUT2D eigenvalue weighted by Gasteiger charge is 2.23. The molecule has 0 bridgehead atoms. The first-order valence-electron chi connectivity index (χ1n) is 5.53. The monoisotopic (exact) mass is 274 g/mol. The Bertz CT molecular complexity index is 440. The molecule has 0 spiro atoms. The van der Waals surface area contributed by atoms with Gasteiger partial charge in [0.1, 0.15) is 17.2 Å². The van der Waals surface area contributed by atoms with Gasteiger partial charge in [-0.15, -0.1) is 0 Å². The SMILES string of the molecule is CC(Oc1ccc(F)c(Cl)c1)C(=O)OC(C)(C)C. The molecule has 0 aromatic heterocycles. The van der Waals surface area contributed by atoms with Crippen LogP contribution in [0.25, 0.3) is 0 Å². The maximum absolute atomic E-state index is 12.9. The van der Waals surface area contributed by atoms with Crippen LogP contribution in [0.15, 0.2) is 18.2 Å². The predicted octanol–water partition coefficient (Wildman–Crippen LogP) is 3.59. The van der Waals surface area contributed by atoms with E-state index in [1.54, 1.807) is 27.7 Å². The first-order chi connectivity index (χ1) is 8.19. The lowest BCUT2D eigenvalue weighted by molar-refractivity contribution is -0.162. The molecule has 18 heavy (non-hydrogen) atoms. The van der Waals surface area contributed by atoms with E-state index < -0.39 is 23.5 Å². The van der Waals surface area contributed by atoms with Gasteiger partial charge in [0.05, 0.1) is 5.02 Å². The topological polar surface area (TPSA) is 35.5 Å². The average molecular weight is 275 g/mol. The maximum Gasteiger partial charge on any atom is 0.347 e. The lowest BCUT2D eigenvalue weighted by Crippen LogP contribution is -2.33. The van der Waals surface area contributed by atoms with Gasteiger partial charge in [0.25, 0.3) is 0 Å². The lowest BCUT2D eigenvalue weighted by Gasteiger charge is -2.22. The lowest BCUT2D eigenvalue weighted by atomic mass is 10.2. The molecule has 0 fully saturated rings. The van der Waals surface area contributed by atoms with Crippen molar-refractivity contribution in [1.29, 1.82) is 0 Å². The summed E-state index contributed by atoms with van der Waals surface area (Å²) in [5.41, 5.74) is -0.574. The molecule has 5 heteroatoms. The van der Waals surface area contributed by atoms with Gasteiger partial charge in [-0.2, -0.15) is 0 Å². The van der Waals surface area contributed by atoms with E-state index in [0.29, 0.717) is 5.75 Å². The van der Waals surface area contributed by atoms with Crippen molar-refractivity contribution < 1.29 is 18.7 Å². The minimum atomic E-state index is -0.786. The van der Waals surface area contributed by atoms with Gasteiger partial charge >= 0.3 is 5.97 Å². The van der Waals surface area contributed by atoms with Crippen LogP contribution in [0.1, 0.15) is 27.7 Å². The highest BCUT2D eigenvalue weighted by Crippen LogP contribution is 2.22. The molecule has 1 unspecified atom stereocenters. The molecule has 0 aliphatic carbocycles. The van der Waals surface area contributed by atoms with E-state index in [-0.39, 0.29) is 5.02 Å². The molecule has 0 aliphatic heterocycles. The Morgan fingerprint density at radius 3 is 2.50 bits per heavy atom. The number of rotatable bonds is 3. The Hall–Kier alpha value is -1.29. The zero-order valence-electron chi connectivity index (χ0n) is 10.8. The Balaban J connectivity index is 2.66. The van der Waals surface area contributed by atoms with E-state index in [0.717, 1.165) is 0 Å². The van der Waals surface area contributed by atoms with Crippen LogP contribution in [0, 0.1) is 5.82 Å². The summed E-state index contributed by atoms with van der Waals surface area (Å²) >= 11 is 5.61. The molecule has 0 radical (unpaired) electrons. The molecule has 0 saturated heterocycles. The van der Waals surface area contributed by atoms with Crippen molar-refractivity contribution in [3.63, 3.8) is 0 Å². The minimum Gasteiger partial charge on any atom is -0.479 e. The molecule has 0 aliphatic rings. The molecule has 0 N–H and O–H groups in total. The molecule has 3 nitrogen and oxygen atoms in total. The average Bonchev–Trinajstić information content (AvgIpc) is 2.21. The highest BCUT2D eigenvalue weighted by atomic mass is 35.5. The zero-order chi connectivity index (χ0) is 13.9. The third kappa shape index (κ3) is 4.53. The summed E-state index contributed by atoms with van der Waals surface area (Å²) in [5, 5.41) is -0.0520. The van der Waals surface area contributed by atoms with Crippen molar-refractivity contribution in [2.75, 3.05) is 0 Å². The van der Waals surface area contributed by atoms with Crippen LogP contribution in [0.3, 0.4) is 0 Å². The Labute approximate surface area is 111 Å². The third-order valence-corrected chi connectivity index (χ3v) is 2.23. The van der Waals surface area contributed by atoms with Crippen LogP contribution in [0.4, 0.5) is 4.39 Å². The van der Waals surface area contributed by atoms with Gasteiger partial charge < -0.3 is 9.47 Å². The number of hydrogen-bond acceptors (Lipinski definition) is 3. The van der Waals surface area contributed by atoms with E-state index in [1.165, 1.54) is 18.2 Å². The van der Waals surface area contributed by atoms with Crippen LogP contribution in [-0.2, 0) is 9.53 Å². The molecule has 1 atom stereocenters. The highest BCUT2D eigenvalue weighted by molar-refractivity contribution is 6.30. The van der Waals surface area contributed by atoms with Crippen molar-refractivity contribution in [2.45, 2.75) is 39.4 Å². The molecule has 0 heterocycles. The van der Waals surface area contributed by atoms with Crippen molar-refractivity contribution in [3.8, 4) is 5.75 Å². The van der Waals surface area contributed by atoms with Crippen molar-refractivity contribution in [3.05, 3.63) is 29.0 Å². The summed E-state index contributed by atoms with van der Waals surface area (Å²) in [6, 6.07) is 3.90. The second kappa shape index (κ2) is 5.57. The smallest absolute Gasteiger partial charge is 0.347 e. The van der Waals surface area contributed by atoms with Crippen LogP contribution < -0.4 is 4.74 Å². The Kier molecular flexibility index (Phi) is 4.57. The quantitative estimate of drug-likeness (QED) is 0.790. The van der Waals surface area contributed by atoms with Gasteiger partial charge in [0.2, 0.25) is 0 Å². The zero-order valence-corrected chi connectivity index (χ0v) is 11.5. The van der Waals surface area contributed by atoms with Gasteiger partial charge in [0.15, 0.2) is 6.10 Å². The van der Waals surface area contributed by atoms with E-state index in [2.05, 4.69) is 0 Å². The molecule has 0 saturated carbocycles. The van der Waals surface area contributed by atoms with E-state index in [9.17, 15) is 9.18 Å². The molecule has 1 rings (SSSR count). The predicted molar refractivity (Wildman–Crippen MR) is 67.3 cm³/mol. The van der Waals surface area contributed by atoms with Crippen molar-refractivity contribution in [1.82, 2.24) is 0 Å². The van der Waals surface area contributed by atoms with Gasteiger partial charge in [0, 0.05) is 6.07 Å². The van der Waals surface area contributed by atoms with E-state index in [4.69, 9.17) is 21.1 Å². The fraction of sp³-hybridized carbons (Fsp3) is 0.462. The van der Waals surface area contributed by atoms with Crippen LogP contribution in [-0.4, -0.2) is 17.7 Å². The number of halogens is 2. The maximum atomic E-state index is 12.9. The molecule has 1 aromatic carbocycles. The van der Waals surface area contributed by atoms with Crippen LogP contribution in [0.2, 0.25) is 5.02 Å². The van der Waals surface area contributed by atoms with Crippen LogP contribution >= 0.6 is 11.6 Å². The Morgan fingerprint density at radius 1 is 1.39 bits per heavy atom. The summed E-state index contributed by atoms with van der Waals surface area (Å²) in [6.07, 6.45) is -0.786. The number of carbonyl (C=O) groups excluding carboxylic acids is 1. The van der Waals surface area contributed by atoms with Gasteiger partial charge in [-0.3, -0.25) is 0 Å². The fourth-order valence-corrected chi connectivity index (χ4v) is 1.36. The third-order valence-electron chi connectivity index (χ3n) is 1.94. The first kappa shape index (κ1) is 14.8. The largest absolute Gasteiger partial charge is 0.479 e. The number of benzene rings is 1. The summed E-state index contributed by atoms with van der Waals surface area (Å²) < 4.78 is 23.4. The van der Waals surface area contributed by atoms with Crippen LogP contribution in [0.5, 0.6) is 5.75 Å². The second-order valence-electron chi connectivity index (χ2n) is 4.87. The summed E-state index contributed by atoms with van der Waals surface area (Å²) in [7, 11) is 0. The molecule has 1 aromatic rings. The normalized spacial score (nSPS) is 13.0. The number of esters is 1. The van der Waals surface area contributed by atoms with E-state index >= 15 is 0 Å². The van der Waals surface area contributed by atoms with Crippen molar-refractivity contribution >= 4 is 17.6 Å². The van der Waals surface area contributed by atoms with E-state index in [1.807, 2.05) is 0 Å². The number of hydrogen-bond donors (Lipinski definition) is 0. The number of carbonyl (C=O) groups is 1. The summed E-state index contributed by atoms with van der Waals surface area (Å²) in [4.78, 5) is 11.7. The Morgan fingerprint density at radius 2 is 2.00 bits per heavy atom. The standard InChI is InChI=1S/C13H16ClFO3/c1-8(12(16)18-13(2,3)4)17-9-5-6-11(15)10(14)7-9/h5-8H,1-4H3. The molecule has 100 valence electrons. The summed E-state index contributed by atoms with van der Waals surface area (Å²) in [5.74, 6) is -0.698. The molecule has 0 amide bonds.